The molecule has 90 valence electrons. The molecule has 0 spiro atoms. The minimum Gasteiger partial charge on any atom is -0.353 e. The second kappa shape index (κ2) is 5.49. The summed E-state index contributed by atoms with van der Waals surface area (Å²) in [5, 5.41) is 13.5. The number of benzene rings is 2. The molecule has 2 rings (SSSR count). The minimum absolute atomic E-state index is 0.415. The first-order valence-electron chi connectivity index (χ1n) is 5.02. The van der Waals surface area contributed by atoms with Crippen molar-refractivity contribution in [3.05, 3.63) is 57.0 Å². The van der Waals surface area contributed by atoms with Gasteiger partial charge >= 0.3 is 0 Å². The first-order valence-corrected chi connectivity index (χ1v) is 6.16. The molecule has 5 heteroatoms. The largest absolute Gasteiger partial charge is 0.353 e. The molecule has 2 aromatic carbocycles. The first kappa shape index (κ1) is 13.0. The van der Waals surface area contributed by atoms with E-state index in [4.69, 9.17) is 40.1 Å². The van der Waals surface area contributed by atoms with Crippen LogP contribution in [0.4, 0.5) is 11.4 Å². The Hall–Kier alpha value is -1.40. The summed E-state index contributed by atoms with van der Waals surface area (Å²) in [4.78, 5) is 0. The number of rotatable bonds is 2. The molecule has 0 aliphatic carbocycles. The monoisotopic (exact) mass is 296 g/mol. The normalized spacial score (nSPS) is 9.89. The lowest BCUT2D eigenvalue weighted by atomic mass is 10.2. The Kier molecular flexibility index (Phi) is 3.98. The van der Waals surface area contributed by atoms with E-state index in [1.165, 1.54) is 0 Å². The third kappa shape index (κ3) is 2.70. The van der Waals surface area contributed by atoms with Crippen LogP contribution >= 0.6 is 34.8 Å². The number of anilines is 2. The van der Waals surface area contributed by atoms with Crippen LogP contribution < -0.4 is 5.32 Å². The first-order chi connectivity index (χ1) is 8.61. The van der Waals surface area contributed by atoms with E-state index in [1.54, 1.807) is 36.4 Å². The van der Waals surface area contributed by atoms with E-state index in [0.717, 1.165) is 0 Å². The Morgan fingerprint density at radius 2 is 1.78 bits per heavy atom. The van der Waals surface area contributed by atoms with Gasteiger partial charge in [0.2, 0.25) is 0 Å². The van der Waals surface area contributed by atoms with E-state index in [2.05, 4.69) is 11.4 Å². The molecule has 18 heavy (non-hydrogen) atoms. The van der Waals surface area contributed by atoms with Crippen LogP contribution in [-0.2, 0) is 0 Å². The smallest absolute Gasteiger partial charge is 0.101 e. The van der Waals surface area contributed by atoms with Gasteiger partial charge in [0.1, 0.15) is 6.07 Å². The second-order valence-electron chi connectivity index (χ2n) is 3.53. The van der Waals surface area contributed by atoms with E-state index in [-0.39, 0.29) is 0 Å². The van der Waals surface area contributed by atoms with Gasteiger partial charge < -0.3 is 5.32 Å². The standard InChI is InChI=1S/C13H7Cl3N2/c14-9-4-5-11(8(6-9)7-17)18-12-3-1-2-10(15)13(12)16/h1-6,18H. The molecule has 2 nitrogen and oxygen atoms in total. The molecule has 0 fully saturated rings. The van der Waals surface area contributed by atoms with Gasteiger partial charge in [-0.25, -0.2) is 0 Å². The van der Waals surface area contributed by atoms with Crippen molar-refractivity contribution in [3.63, 3.8) is 0 Å². The number of nitrogens with one attached hydrogen (secondary N) is 1. The van der Waals surface area contributed by atoms with E-state index in [0.29, 0.717) is 32.0 Å². The summed E-state index contributed by atoms with van der Waals surface area (Å²) >= 11 is 17.8. The summed E-state index contributed by atoms with van der Waals surface area (Å²) < 4.78 is 0. The van der Waals surface area contributed by atoms with Gasteiger partial charge in [-0.3, -0.25) is 0 Å². The number of hydrogen-bond donors (Lipinski definition) is 1. The third-order valence-electron chi connectivity index (χ3n) is 2.32. The van der Waals surface area contributed by atoms with Gasteiger partial charge in [-0.1, -0.05) is 40.9 Å². The number of nitriles is 1. The molecule has 0 saturated heterocycles. The molecule has 2 aromatic rings. The highest BCUT2D eigenvalue weighted by Gasteiger charge is 2.07. The minimum atomic E-state index is 0.415. The van der Waals surface area contributed by atoms with Crippen LogP contribution in [-0.4, -0.2) is 0 Å². The van der Waals surface area contributed by atoms with Crippen LogP contribution in [0.15, 0.2) is 36.4 Å². The number of halogens is 3. The van der Waals surface area contributed by atoms with Crippen LogP contribution in [0.5, 0.6) is 0 Å². The van der Waals surface area contributed by atoms with Crippen LogP contribution in [0.1, 0.15) is 5.56 Å². The molecule has 0 unspecified atom stereocenters. The molecule has 0 saturated carbocycles. The molecular weight excluding hydrogens is 291 g/mol. The highest BCUT2D eigenvalue weighted by Crippen LogP contribution is 2.33. The Bertz CT molecular complexity index is 633. The third-order valence-corrected chi connectivity index (χ3v) is 3.38. The molecule has 0 aliphatic heterocycles. The summed E-state index contributed by atoms with van der Waals surface area (Å²) in [6, 6.07) is 12.3. The van der Waals surface area contributed by atoms with Crippen molar-refractivity contribution in [2.24, 2.45) is 0 Å². The lowest BCUT2D eigenvalue weighted by molar-refractivity contribution is 1.46. The summed E-state index contributed by atoms with van der Waals surface area (Å²) in [6.07, 6.45) is 0. The van der Waals surface area contributed by atoms with Crippen molar-refractivity contribution in [1.82, 2.24) is 0 Å². The zero-order valence-corrected chi connectivity index (χ0v) is 11.3. The predicted molar refractivity (Wildman–Crippen MR) is 75.9 cm³/mol. The van der Waals surface area contributed by atoms with E-state index in [1.807, 2.05) is 0 Å². The molecule has 0 heterocycles. The van der Waals surface area contributed by atoms with Crippen LogP contribution in [0.2, 0.25) is 15.1 Å². The maximum absolute atomic E-state index is 9.04. The highest BCUT2D eigenvalue weighted by molar-refractivity contribution is 6.43. The van der Waals surface area contributed by atoms with Gasteiger partial charge in [-0.2, -0.15) is 5.26 Å². The van der Waals surface area contributed by atoms with Crippen molar-refractivity contribution in [1.29, 1.82) is 5.26 Å². The maximum atomic E-state index is 9.04. The van der Waals surface area contributed by atoms with Gasteiger partial charge in [-0.05, 0) is 30.3 Å². The molecule has 0 radical (unpaired) electrons. The lowest BCUT2D eigenvalue weighted by Gasteiger charge is -2.10. The summed E-state index contributed by atoms with van der Waals surface area (Å²) in [7, 11) is 0. The van der Waals surface area contributed by atoms with Gasteiger partial charge in [-0.15, -0.1) is 0 Å². The Morgan fingerprint density at radius 1 is 1.00 bits per heavy atom. The van der Waals surface area contributed by atoms with Crippen LogP contribution in [0.25, 0.3) is 0 Å². The van der Waals surface area contributed by atoms with E-state index < -0.39 is 0 Å². The fourth-order valence-corrected chi connectivity index (χ4v) is 1.98. The van der Waals surface area contributed by atoms with Crippen LogP contribution in [0.3, 0.4) is 0 Å². The van der Waals surface area contributed by atoms with Gasteiger partial charge in [0, 0.05) is 5.02 Å². The Labute approximate surface area is 120 Å². The summed E-state index contributed by atoms with van der Waals surface area (Å²) in [5.41, 5.74) is 1.72. The molecule has 0 aliphatic rings. The average molecular weight is 298 g/mol. The molecule has 0 bridgehead atoms. The number of nitrogens with zero attached hydrogens (tertiary/aromatic N) is 1. The van der Waals surface area contributed by atoms with Gasteiger partial charge in [0.25, 0.3) is 0 Å². The second-order valence-corrected chi connectivity index (χ2v) is 4.75. The topological polar surface area (TPSA) is 35.8 Å². The Balaban J connectivity index is 2.41. The fraction of sp³-hybridized carbons (Fsp3) is 0. The number of hydrogen-bond acceptors (Lipinski definition) is 2. The van der Waals surface area contributed by atoms with Crippen molar-refractivity contribution in [2.75, 3.05) is 5.32 Å². The van der Waals surface area contributed by atoms with Crippen LogP contribution in [0, 0.1) is 11.3 Å². The predicted octanol–water partition coefficient (Wildman–Crippen LogP) is 5.26. The quantitative estimate of drug-likeness (QED) is 0.820. The molecule has 1 N–H and O–H groups in total. The molecular formula is C13H7Cl3N2. The SMILES string of the molecule is N#Cc1cc(Cl)ccc1Nc1cccc(Cl)c1Cl. The fourth-order valence-electron chi connectivity index (χ4n) is 1.46. The molecule has 0 amide bonds. The Morgan fingerprint density at radius 3 is 2.50 bits per heavy atom. The van der Waals surface area contributed by atoms with E-state index in [9.17, 15) is 0 Å². The lowest BCUT2D eigenvalue weighted by Crippen LogP contribution is -1.94. The van der Waals surface area contributed by atoms with E-state index >= 15 is 0 Å². The van der Waals surface area contributed by atoms with Crippen molar-refractivity contribution in [2.45, 2.75) is 0 Å². The maximum Gasteiger partial charge on any atom is 0.101 e. The molecule has 0 atom stereocenters. The summed E-state index contributed by atoms with van der Waals surface area (Å²) in [5.74, 6) is 0. The summed E-state index contributed by atoms with van der Waals surface area (Å²) in [6.45, 7) is 0. The average Bonchev–Trinajstić information content (AvgIpc) is 2.37. The molecule has 0 aromatic heterocycles. The zero-order valence-electron chi connectivity index (χ0n) is 9.05. The van der Waals surface area contributed by atoms with Gasteiger partial charge in [0.15, 0.2) is 0 Å². The highest BCUT2D eigenvalue weighted by atomic mass is 35.5. The zero-order chi connectivity index (χ0) is 13.1. The van der Waals surface area contributed by atoms with Crippen molar-refractivity contribution in [3.8, 4) is 6.07 Å². The van der Waals surface area contributed by atoms with Crippen molar-refractivity contribution < 1.29 is 0 Å². The van der Waals surface area contributed by atoms with Crippen molar-refractivity contribution >= 4 is 46.2 Å². The van der Waals surface area contributed by atoms with Gasteiger partial charge in [0.05, 0.1) is 27.0 Å².